The Bertz CT molecular complexity index is 2280. The third-order valence-corrected chi connectivity index (χ3v) is 10.3. The van der Waals surface area contributed by atoms with Crippen molar-refractivity contribution < 1.29 is 40.3 Å². The third-order valence-electron chi connectivity index (χ3n) is 7.66. The first kappa shape index (κ1) is 33.3. The van der Waals surface area contributed by atoms with Crippen LogP contribution in [0.3, 0.4) is 0 Å². The molecule has 0 aliphatic rings. The van der Waals surface area contributed by atoms with Crippen LogP contribution >= 0.6 is 0 Å². The van der Waals surface area contributed by atoms with Crippen molar-refractivity contribution in [2.24, 2.45) is 0 Å². The Hall–Kier alpha value is -5.62. The van der Waals surface area contributed by atoms with Crippen LogP contribution in [0.15, 0.2) is 154 Å². The molecule has 1 N–H and O–H groups in total. The summed E-state index contributed by atoms with van der Waals surface area (Å²) in [4.78, 5) is -1.13. The van der Waals surface area contributed by atoms with Crippen LogP contribution in [0.4, 0.5) is 0 Å². The smallest absolute Gasteiger partial charge is 0.298 e. The summed E-state index contributed by atoms with van der Waals surface area (Å²) in [6, 6.07) is 38.4. The van der Waals surface area contributed by atoms with Crippen molar-refractivity contribution in [1.29, 1.82) is 0 Å². The number of rotatable bonds is 11. The number of hydrogen-bond acceptors (Lipinski definition) is 8. The third kappa shape index (κ3) is 7.60. The molecular formula is C38H30O9S2. The van der Waals surface area contributed by atoms with Gasteiger partial charge in [-0.3, -0.25) is 4.55 Å². The maximum Gasteiger partial charge on any atom is 0.298 e. The van der Waals surface area contributed by atoms with Crippen LogP contribution in [0.5, 0.6) is 34.5 Å². The van der Waals surface area contributed by atoms with Gasteiger partial charge in [0.1, 0.15) is 39.4 Å². The molecule has 0 bridgehead atoms. The maximum atomic E-state index is 13.5. The van der Waals surface area contributed by atoms with Crippen LogP contribution in [0.1, 0.15) is 0 Å². The second kappa shape index (κ2) is 13.9. The molecule has 0 saturated carbocycles. The molecule has 11 heteroatoms. The first-order valence-electron chi connectivity index (χ1n) is 14.8. The van der Waals surface area contributed by atoms with E-state index in [0.717, 1.165) is 39.8 Å². The van der Waals surface area contributed by atoms with E-state index >= 15 is 0 Å². The van der Waals surface area contributed by atoms with Crippen molar-refractivity contribution in [2.75, 3.05) is 14.2 Å². The predicted molar refractivity (Wildman–Crippen MR) is 185 cm³/mol. The van der Waals surface area contributed by atoms with Gasteiger partial charge in [0.25, 0.3) is 10.1 Å². The molecule has 0 amide bonds. The van der Waals surface area contributed by atoms with Crippen LogP contribution in [0, 0.1) is 0 Å². The molecule has 6 aromatic rings. The molecule has 0 aromatic heterocycles. The van der Waals surface area contributed by atoms with Gasteiger partial charge in [-0.15, -0.1) is 0 Å². The molecule has 0 unspecified atom stereocenters. The van der Waals surface area contributed by atoms with Crippen molar-refractivity contribution in [3.8, 4) is 56.8 Å². The van der Waals surface area contributed by atoms with Gasteiger partial charge < -0.3 is 18.9 Å². The maximum absolute atomic E-state index is 13.5. The van der Waals surface area contributed by atoms with E-state index in [4.69, 9.17) is 18.9 Å². The number of sulfone groups is 1. The quantitative estimate of drug-likeness (QED) is 0.133. The Morgan fingerprint density at radius 2 is 0.776 bits per heavy atom. The van der Waals surface area contributed by atoms with Gasteiger partial charge >= 0.3 is 0 Å². The molecule has 248 valence electrons. The molecule has 0 heterocycles. The fraction of sp³-hybridized carbons (Fsp3) is 0.0526. The van der Waals surface area contributed by atoms with Crippen molar-refractivity contribution in [2.45, 2.75) is 14.7 Å². The molecule has 0 spiro atoms. The van der Waals surface area contributed by atoms with E-state index in [1.807, 2.05) is 60.7 Å². The summed E-state index contributed by atoms with van der Waals surface area (Å²) in [6.07, 6.45) is 0. The molecule has 6 rings (SSSR count). The van der Waals surface area contributed by atoms with Crippen molar-refractivity contribution in [3.63, 3.8) is 0 Å². The summed E-state index contributed by atoms with van der Waals surface area (Å²) in [5.41, 5.74) is 3.81. The molecule has 0 radical (unpaired) electrons. The lowest BCUT2D eigenvalue weighted by atomic mass is 10.1. The minimum Gasteiger partial charge on any atom is -0.497 e. The highest BCUT2D eigenvalue weighted by atomic mass is 32.2. The monoisotopic (exact) mass is 694 g/mol. The molecule has 0 aliphatic carbocycles. The van der Waals surface area contributed by atoms with E-state index in [1.165, 1.54) is 36.4 Å². The summed E-state index contributed by atoms with van der Waals surface area (Å²) in [5.74, 6) is 2.49. The number of ether oxygens (including phenoxy) is 4. The van der Waals surface area contributed by atoms with E-state index in [9.17, 15) is 21.4 Å². The summed E-state index contributed by atoms with van der Waals surface area (Å²) < 4.78 is 83.8. The second-order valence-corrected chi connectivity index (χ2v) is 14.1. The zero-order chi connectivity index (χ0) is 34.6. The summed E-state index contributed by atoms with van der Waals surface area (Å²) in [5, 5.41) is 0. The number of hydrogen-bond donors (Lipinski definition) is 1. The summed E-state index contributed by atoms with van der Waals surface area (Å²) in [6.45, 7) is 0. The molecule has 0 fully saturated rings. The fourth-order valence-corrected chi connectivity index (χ4v) is 7.03. The van der Waals surface area contributed by atoms with E-state index in [1.54, 1.807) is 50.6 Å². The van der Waals surface area contributed by atoms with Crippen LogP contribution in [0.2, 0.25) is 0 Å². The molecule has 49 heavy (non-hydrogen) atoms. The lowest BCUT2D eigenvalue weighted by Gasteiger charge is -2.13. The van der Waals surface area contributed by atoms with Crippen molar-refractivity contribution in [1.82, 2.24) is 0 Å². The van der Waals surface area contributed by atoms with Crippen LogP contribution in [-0.2, 0) is 20.0 Å². The van der Waals surface area contributed by atoms with Gasteiger partial charge in [-0.2, -0.15) is 8.42 Å². The predicted octanol–water partition coefficient (Wildman–Crippen LogP) is 8.70. The number of benzene rings is 6. The van der Waals surface area contributed by atoms with Crippen molar-refractivity contribution in [3.05, 3.63) is 140 Å². The van der Waals surface area contributed by atoms with Gasteiger partial charge in [0.05, 0.1) is 24.0 Å². The van der Waals surface area contributed by atoms with E-state index in [-0.39, 0.29) is 21.3 Å². The standard InChI is InChI=1S/C38H30O9S2/c1-44-30-11-3-26(4-12-30)28-7-15-32(16-8-28)46-33-19-21-35(22-20-33)48(39,40)36-23-24-37(38(25-36)49(41,42)43)47-34-17-9-29(10-18-34)27-5-13-31(45-2)14-6-27/h3-25H,1-2H3,(H,41,42,43). The molecule has 0 atom stereocenters. The minimum absolute atomic E-state index is 0.0984. The topological polar surface area (TPSA) is 125 Å². The molecule has 6 aromatic carbocycles. The van der Waals surface area contributed by atoms with Gasteiger partial charge in [-0.05, 0) is 113 Å². The lowest BCUT2D eigenvalue weighted by molar-refractivity contribution is 0.415. The first-order chi connectivity index (χ1) is 23.5. The average Bonchev–Trinajstić information content (AvgIpc) is 3.12. The second-order valence-electron chi connectivity index (χ2n) is 10.8. The summed E-state index contributed by atoms with van der Waals surface area (Å²) >= 11 is 0. The molecule has 9 nitrogen and oxygen atoms in total. The number of methoxy groups -OCH3 is 2. The zero-order valence-electron chi connectivity index (χ0n) is 26.3. The normalized spacial score (nSPS) is 11.5. The zero-order valence-corrected chi connectivity index (χ0v) is 27.9. The van der Waals surface area contributed by atoms with Crippen LogP contribution in [-0.4, -0.2) is 35.6 Å². The Morgan fingerprint density at radius 3 is 1.16 bits per heavy atom. The molecular weight excluding hydrogens is 665 g/mol. The Balaban J connectivity index is 1.17. The highest BCUT2D eigenvalue weighted by molar-refractivity contribution is 7.91. The van der Waals surface area contributed by atoms with Gasteiger partial charge in [0, 0.05) is 0 Å². The minimum atomic E-state index is -4.87. The van der Waals surface area contributed by atoms with E-state index < -0.39 is 24.9 Å². The lowest BCUT2D eigenvalue weighted by Crippen LogP contribution is -2.06. The molecule has 0 aliphatic heterocycles. The highest BCUT2D eigenvalue weighted by Gasteiger charge is 2.25. The first-order valence-corrected chi connectivity index (χ1v) is 17.8. The van der Waals surface area contributed by atoms with Gasteiger partial charge in [0.15, 0.2) is 0 Å². The Labute approximate surface area is 284 Å². The largest absolute Gasteiger partial charge is 0.497 e. The molecule has 0 saturated heterocycles. The van der Waals surface area contributed by atoms with Gasteiger partial charge in [0.2, 0.25) is 9.84 Å². The van der Waals surface area contributed by atoms with Crippen molar-refractivity contribution >= 4 is 20.0 Å². The van der Waals surface area contributed by atoms with E-state index in [0.29, 0.717) is 11.5 Å². The van der Waals surface area contributed by atoms with Crippen LogP contribution < -0.4 is 18.9 Å². The van der Waals surface area contributed by atoms with Gasteiger partial charge in [-0.25, -0.2) is 8.42 Å². The van der Waals surface area contributed by atoms with E-state index in [2.05, 4.69) is 0 Å². The van der Waals surface area contributed by atoms with Crippen LogP contribution in [0.25, 0.3) is 22.3 Å². The highest BCUT2D eigenvalue weighted by Crippen LogP contribution is 2.35. The SMILES string of the molecule is COc1ccc(-c2ccc(Oc3ccc(S(=O)(=O)c4ccc(Oc5ccc(-c6ccc(OC)cc6)cc5)c(S(=O)(=O)O)c4)cc3)cc2)cc1. The van der Waals surface area contributed by atoms with Gasteiger partial charge in [-0.1, -0.05) is 48.5 Å². The Kier molecular flexibility index (Phi) is 9.41. The average molecular weight is 695 g/mol. The Morgan fingerprint density at radius 1 is 0.429 bits per heavy atom. The summed E-state index contributed by atoms with van der Waals surface area (Å²) in [7, 11) is -5.86. The fourth-order valence-electron chi connectivity index (χ4n) is 5.03.